The average molecular weight is 290 g/mol. The van der Waals surface area contributed by atoms with E-state index in [2.05, 4.69) is 28.2 Å². The second kappa shape index (κ2) is 5.96. The highest BCUT2D eigenvalue weighted by Gasteiger charge is 2.18. The van der Waals surface area contributed by atoms with Crippen LogP contribution in [0.25, 0.3) is 10.8 Å². The summed E-state index contributed by atoms with van der Waals surface area (Å²) in [4.78, 5) is 2.24. The normalized spacial score (nSPS) is 16.5. The van der Waals surface area contributed by atoms with Crippen LogP contribution < -0.4 is 4.90 Å². The molecule has 0 N–H and O–H groups in total. The van der Waals surface area contributed by atoms with Crippen molar-refractivity contribution in [2.75, 3.05) is 18.5 Å². The van der Waals surface area contributed by atoms with Crippen molar-refractivity contribution in [2.45, 2.75) is 32.1 Å². The fraction of sp³-hybridized carbons (Fsp3) is 0.500. The van der Waals surface area contributed by atoms with E-state index in [1.54, 1.807) is 0 Å². The van der Waals surface area contributed by atoms with Gasteiger partial charge in [0, 0.05) is 24.4 Å². The quantitative estimate of drug-likeness (QED) is 0.843. The zero-order chi connectivity index (χ0) is 13.9. The number of fused-ring (bicyclic) bond motifs is 1. The largest absolute Gasteiger partial charge is 0.357 e. The molecule has 1 saturated carbocycles. The number of halogens is 1. The van der Waals surface area contributed by atoms with Gasteiger partial charge in [-0.3, -0.25) is 0 Å². The summed E-state index contributed by atoms with van der Waals surface area (Å²) in [5, 5.41) is 11.0. The van der Waals surface area contributed by atoms with E-state index < -0.39 is 0 Å². The molecule has 4 heteroatoms. The Morgan fingerprint density at radius 2 is 1.80 bits per heavy atom. The summed E-state index contributed by atoms with van der Waals surface area (Å²) in [5.41, 5.74) is 0. The number of hydrogen-bond acceptors (Lipinski definition) is 3. The first-order chi connectivity index (χ1) is 9.75. The Labute approximate surface area is 124 Å². The smallest absolute Gasteiger partial charge is 0.159 e. The van der Waals surface area contributed by atoms with Gasteiger partial charge in [0.15, 0.2) is 11.0 Å². The Bertz CT molecular complexity index is 593. The van der Waals surface area contributed by atoms with Crippen LogP contribution in [-0.4, -0.2) is 23.8 Å². The van der Waals surface area contributed by atoms with Crippen molar-refractivity contribution in [2.24, 2.45) is 5.92 Å². The van der Waals surface area contributed by atoms with Crippen molar-refractivity contribution >= 4 is 28.2 Å². The van der Waals surface area contributed by atoms with Gasteiger partial charge in [-0.05, 0) is 18.8 Å². The maximum Gasteiger partial charge on any atom is 0.159 e. The second-order valence-electron chi connectivity index (χ2n) is 5.74. The first-order valence-corrected chi connectivity index (χ1v) is 7.75. The molecular formula is C16H20ClN3. The zero-order valence-electron chi connectivity index (χ0n) is 11.8. The lowest BCUT2D eigenvalue weighted by molar-refractivity contribution is 0.361. The van der Waals surface area contributed by atoms with Crippen LogP contribution >= 0.6 is 11.6 Å². The van der Waals surface area contributed by atoms with Crippen LogP contribution in [0.3, 0.4) is 0 Å². The summed E-state index contributed by atoms with van der Waals surface area (Å²) < 4.78 is 0. The molecule has 0 spiro atoms. The molecule has 1 aromatic heterocycles. The van der Waals surface area contributed by atoms with Crippen LogP contribution in [0, 0.1) is 5.92 Å². The molecule has 1 aromatic carbocycles. The Hall–Kier alpha value is -1.35. The fourth-order valence-electron chi connectivity index (χ4n) is 3.18. The SMILES string of the molecule is CN(CC1CCCCC1)c1nnc(Cl)c2ccccc12. The molecule has 20 heavy (non-hydrogen) atoms. The van der Waals surface area contributed by atoms with Crippen LogP contribution in [0.1, 0.15) is 32.1 Å². The number of benzene rings is 1. The molecule has 1 heterocycles. The highest BCUT2D eigenvalue weighted by atomic mass is 35.5. The molecule has 1 fully saturated rings. The molecule has 2 aromatic rings. The highest BCUT2D eigenvalue weighted by molar-refractivity contribution is 6.34. The second-order valence-corrected chi connectivity index (χ2v) is 6.10. The monoisotopic (exact) mass is 289 g/mol. The van der Waals surface area contributed by atoms with Gasteiger partial charge in [-0.2, -0.15) is 0 Å². The number of nitrogens with zero attached hydrogens (tertiary/aromatic N) is 3. The molecule has 0 saturated heterocycles. The molecule has 3 rings (SSSR count). The van der Waals surface area contributed by atoms with E-state index in [0.717, 1.165) is 29.1 Å². The lowest BCUT2D eigenvalue weighted by atomic mass is 9.89. The molecule has 1 aliphatic rings. The number of rotatable bonds is 3. The van der Waals surface area contributed by atoms with Crippen LogP contribution in [0.5, 0.6) is 0 Å². The first-order valence-electron chi connectivity index (χ1n) is 7.38. The van der Waals surface area contributed by atoms with E-state index in [1.165, 1.54) is 32.1 Å². The lowest BCUT2D eigenvalue weighted by Crippen LogP contribution is -2.27. The molecule has 0 atom stereocenters. The van der Waals surface area contributed by atoms with Gasteiger partial charge in [0.2, 0.25) is 0 Å². The Balaban J connectivity index is 1.87. The fourth-order valence-corrected chi connectivity index (χ4v) is 3.39. The van der Waals surface area contributed by atoms with E-state index in [9.17, 15) is 0 Å². The van der Waals surface area contributed by atoms with E-state index >= 15 is 0 Å². The van der Waals surface area contributed by atoms with E-state index in [4.69, 9.17) is 11.6 Å². The number of hydrogen-bond donors (Lipinski definition) is 0. The van der Waals surface area contributed by atoms with Crippen LogP contribution in [0.2, 0.25) is 5.15 Å². The molecule has 106 valence electrons. The summed E-state index contributed by atoms with van der Waals surface area (Å²) in [6.45, 7) is 1.06. The standard InChI is InChI=1S/C16H20ClN3/c1-20(11-12-7-3-2-4-8-12)16-14-10-6-5-9-13(14)15(17)18-19-16/h5-6,9-10,12H,2-4,7-8,11H2,1H3. The van der Waals surface area contributed by atoms with Gasteiger partial charge in [-0.15, -0.1) is 10.2 Å². The minimum atomic E-state index is 0.482. The number of aromatic nitrogens is 2. The van der Waals surface area contributed by atoms with Crippen LogP contribution in [-0.2, 0) is 0 Å². The zero-order valence-corrected chi connectivity index (χ0v) is 12.6. The summed E-state index contributed by atoms with van der Waals surface area (Å²) in [5.74, 6) is 1.72. The molecule has 0 bridgehead atoms. The van der Waals surface area contributed by atoms with Crippen molar-refractivity contribution in [1.82, 2.24) is 10.2 Å². The van der Waals surface area contributed by atoms with Gasteiger partial charge in [-0.25, -0.2) is 0 Å². The van der Waals surface area contributed by atoms with Gasteiger partial charge in [0.05, 0.1) is 0 Å². The van der Waals surface area contributed by atoms with Crippen molar-refractivity contribution in [3.05, 3.63) is 29.4 Å². The third-order valence-electron chi connectivity index (χ3n) is 4.24. The summed E-state index contributed by atoms with van der Waals surface area (Å²) in [7, 11) is 2.11. The maximum absolute atomic E-state index is 6.13. The minimum absolute atomic E-state index is 0.482. The predicted octanol–water partition coefficient (Wildman–Crippen LogP) is 4.30. The Morgan fingerprint density at radius 1 is 1.10 bits per heavy atom. The van der Waals surface area contributed by atoms with Gasteiger partial charge in [0.25, 0.3) is 0 Å². The molecular weight excluding hydrogens is 270 g/mol. The van der Waals surface area contributed by atoms with Crippen molar-refractivity contribution in [3.8, 4) is 0 Å². The average Bonchev–Trinajstić information content (AvgIpc) is 2.49. The first kappa shape index (κ1) is 13.6. The van der Waals surface area contributed by atoms with Crippen molar-refractivity contribution in [3.63, 3.8) is 0 Å². The molecule has 0 amide bonds. The molecule has 1 aliphatic carbocycles. The van der Waals surface area contributed by atoms with Crippen molar-refractivity contribution in [1.29, 1.82) is 0 Å². The topological polar surface area (TPSA) is 29.0 Å². The number of anilines is 1. The van der Waals surface area contributed by atoms with Gasteiger partial charge >= 0.3 is 0 Å². The van der Waals surface area contributed by atoms with E-state index in [-0.39, 0.29) is 0 Å². The molecule has 0 unspecified atom stereocenters. The third-order valence-corrected chi connectivity index (χ3v) is 4.52. The Kier molecular flexibility index (Phi) is 4.06. The molecule has 0 aliphatic heterocycles. The summed E-state index contributed by atoms with van der Waals surface area (Å²) in [6.07, 6.45) is 6.80. The van der Waals surface area contributed by atoms with E-state index in [1.807, 2.05) is 18.2 Å². The van der Waals surface area contributed by atoms with Gasteiger partial charge in [0.1, 0.15) is 0 Å². The van der Waals surface area contributed by atoms with Crippen LogP contribution in [0.4, 0.5) is 5.82 Å². The van der Waals surface area contributed by atoms with Crippen LogP contribution in [0.15, 0.2) is 24.3 Å². The van der Waals surface area contributed by atoms with Gasteiger partial charge in [-0.1, -0.05) is 55.1 Å². The Morgan fingerprint density at radius 3 is 2.55 bits per heavy atom. The third kappa shape index (κ3) is 2.73. The minimum Gasteiger partial charge on any atom is -0.357 e. The van der Waals surface area contributed by atoms with Gasteiger partial charge < -0.3 is 4.90 Å². The molecule has 3 nitrogen and oxygen atoms in total. The van der Waals surface area contributed by atoms with E-state index in [0.29, 0.717) is 5.15 Å². The lowest BCUT2D eigenvalue weighted by Gasteiger charge is -2.28. The predicted molar refractivity (Wildman–Crippen MR) is 84.4 cm³/mol. The van der Waals surface area contributed by atoms with Crippen molar-refractivity contribution < 1.29 is 0 Å². The summed E-state index contributed by atoms with van der Waals surface area (Å²) >= 11 is 6.13. The summed E-state index contributed by atoms with van der Waals surface area (Å²) in [6, 6.07) is 8.09. The molecule has 0 radical (unpaired) electrons. The maximum atomic E-state index is 6.13. The highest BCUT2D eigenvalue weighted by Crippen LogP contribution is 2.30.